The molecule has 1 aromatic heterocycles. The first-order chi connectivity index (χ1) is 8.58. The van der Waals surface area contributed by atoms with E-state index in [0.717, 1.165) is 10.0 Å². The Bertz CT molecular complexity index is 556. The van der Waals surface area contributed by atoms with Gasteiger partial charge in [-0.05, 0) is 34.1 Å². The summed E-state index contributed by atoms with van der Waals surface area (Å²) in [6.07, 6.45) is 3.46. The fourth-order valence-electron chi connectivity index (χ4n) is 1.56. The molecule has 0 unspecified atom stereocenters. The number of halogens is 2. The summed E-state index contributed by atoms with van der Waals surface area (Å²) in [5, 5.41) is 7.08. The van der Waals surface area contributed by atoms with Gasteiger partial charge < -0.3 is 4.90 Å². The predicted molar refractivity (Wildman–Crippen MR) is 73.5 cm³/mol. The van der Waals surface area contributed by atoms with Crippen molar-refractivity contribution in [1.29, 1.82) is 0 Å². The highest BCUT2D eigenvalue weighted by Gasteiger charge is 2.13. The average Bonchev–Trinajstić information content (AvgIpc) is 2.84. The molecule has 0 spiro atoms. The van der Waals surface area contributed by atoms with Crippen molar-refractivity contribution in [3.63, 3.8) is 0 Å². The van der Waals surface area contributed by atoms with Gasteiger partial charge in [0.1, 0.15) is 0 Å². The number of carbonyl (C=O) groups excluding carboxylic acids is 1. The highest BCUT2D eigenvalue weighted by molar-refractivity contribution is 9.10. The molecule has 1 aromatic carbocycles. The summed E-state index contributed by atoms with van der Waals surface area (Å²) in [4.78, 5) is 13.8. The number of amides is 1. The molecule has 0 atom stereocenters. The van der Waals surface area contributed by atoms with Crippen LogP contribution < -0.4 is 0 Å². The Kier molecular flexibility index (Phi) is 4.04. The van der Waals surface area contributed by atoms with E-state index in [4.69, 9.17) is 11.6 Å². The topological polar surface area (TPSA) is 49.0 Å². The third kappa shape index (κ3) is 2.91. The summed E-state index contributed by atoms with van der Waals surface area (Å²) in [7, 11) is 1.74. The van der Waals surface area contributed by atoms with Crippen LogP contribution in [0.2, 0.25) is 5.02 Å². The van der Waals surface area contributed by atoms with Gasteiger partial charge in [-0.15, -0.1) is 0 Å². The lowest BCUT2D eigenvalue weighted by atomic mass is 10.2. The van der Waals surface area contributed by atoms with E-state index in [1.165, 1.54) is 0 Å². The van der Waals surface area contributed by atoms with E-state index in [1.807, 2.05) is 0 Å². The molecule has 0 saturated heterocycles. The number of carbonyl (C=O) groups is 1. The van der Waals surface area contributed by atoms with E-state index in [0.29, 0.717) is 17.1 Å². The molecule has 6 heteroatoms. The van der Waals surface area contributed by atoms with Gasteiger partial charge in [0.15, 0.2) is 0 Å². The van der Waals surface area contributed by atoms with Gasteiger partial charge in [0.2, 0.25) is 0 Å². The van der Waals surface area contributed by atoms with Crippen LogP contribution in [0.3, 0.4) is 0 Å². The number of H-pyrrole nitrogens is 1. The quantitative estimate of drug-likeness (QED) is 0.941. The Morgan fingerprint density at radius 3 is 2.94 bits per heavy atom. The Morgan fingerprint density at radius 1 is 1.56 bits per heavy atom. The van der Waals surface area contributed by atoms with Gasteiger partial charge in [0.25, 0.3) is 5.91 Å². The first kappa shape index (κ1) is 13.1. The monoisotopic (exact) mass is 327 g/mol. The van der Waals surface area contributed by atoms with E-state index in [2.05, 4.69) is 26.1 Å². The molecule has 0 aliphatic heterocycles. The van der Waals surface area contributed by atoms with Gasteiger partial charge in [-0.25, -0.2) is 0 Å². The molecule has 1 amide bonds. The molecule has 0 fully saturated rings. The molecule has 0 saturated carbocycles. The van der Waals surface area contributed by atoms with E-state index >= 15 is 0 Å². The third-order valence-corrected chi connectivity index (χ3v) is 3.72. The van der Waals surface area contributed by atoms with Crippen LogP contribution >= 0.6 is 27.5 Å². The van der Waals surface area contributed by atoms with E-state index in [1.54, 1.807) is 42.5 Å². The number of rotatable bonds is 3. The largest absolute Gasteiger partial charge is 0.337 e. The Labute approximate surface area is 118 Å². The maximum Gasteiger partial charge on any atom is 0.253 e. The van der Waals surface area contributed by atoms with Crippen LogP contribution in [0.25, 0.3) is 0 Å². The maximum atomic E-state index is 12.2. The fourth-order valence-corrected chi connectivity index (χ4v) is 1.99. The fraction of sp³-hybridized carbons (Fsp3) is 0.167. The summed E-state index contributed by atoms with van der Waals surface area (Å²) in [5.74, 6) is -0.0781. The highest BCUT2D eigenvalue weighted by Crippen LogP contribution is 2.23. The van der Waals surface area contributed by atoms with Crippen molar-refractivity contribution in [2.24, 2.45) is 0 Å². The van der Waals surface area contributed by atoms with Crippen LogP contribution in [0.1, 0.15) is 15.9 Å². The second-order valence-corrected chi connectivity index (χ2v) is 5.16. The number of aromatic nitrogens is 2. The molecule has 0 aliphatic carbocycles. The van der Waals surface area contributed by atoms with Crippen LogP contribution in [0.15, 0.2) is 35.1 Å². The van der Waals surface area contributed by atoms with Crippen molar-refractivity contribution in [2.75, 3.05) is 7.05 Å². The van der Waals surface area contributed by atoms with Crippen molar-refractivity contribution in [2.45, 2.75) is 6.54 Å². The van der Waals surface area contributed by atoms with Crippen molar-refractivity contribution >= 4 is 33.4 Å². The smallest absolute Gasteiger partial charge is 0.253 e. The van der Waals surface area contributed by atoms with Gasteiger partial charge >= 0.3 is 0 Å². The Balaban J connectivity index is 2.12. The van der Waals surface area contributed by atoms with E-state index < -0.39 is 0 Å². The summed E-state index contributed by atoms with van der Waals surface area (Å²) in [5.41, 5.74) is 1.52. The first-order valence-electron chi connectivity index (χ1n) is 5.26. The van der Waals surface area contributed by atoms with Crippen molar-refractivity contribution < 1.29 is 4.79 Å². The summed E-state index contributed by atoms with van der Waals surface area (Å²) in [6.45, 7) is 0.503. The van der Waals surface area contributed by atoms with Gasteiger partial charge in [-0.2, -0.15) is 5.10 Å². The van der Waals surface area contributed by atoms with E-state index in [9.17, 15) is 4.79 Å². The number of nitrogens with one attached hydrogen (secondary N) is 1. The second kappa shape index (κ2) is 5.54. The molecule has 2 aromatic rings. The second-order valence-electron chi connectivity index (χ2n) is 3.90. The summed E-state index contributed by atoms with van der Waals surface area (Å²) >= 11 is 9.27. The summed E-state index contributed by atoms with van der Waals surface area (Å²) < 4.78 is 0.776. The molecule has 1 heterocycles. The van der Waals surface area contributed by atoms with E-state index in [-0.39, 0.29) is 5.91 Å². The lowest BCUT2D eigenvalue weighted by molar-refractivity contribution is 0.0785. The van der Waals surface area contributed by atoms with Crippen molar-refractivity contribution in [1.82, 2.24) is 15.1 Å². The normalized spacial score (nSPS) is 10.4. The zero-order valence-corrected chi connectivity index (χ0v) is 12.0. The third-order valence-electron chi connectivity index (χ3n) is 2.49. The molecule has 94 valence electrons. The van der Waals surface area contributed by atoms with Crippen LogP contribution in [-0.2, 0) is 6.54 Å². The van der Waals surface area contributed by atoms with Crippen LogP contribution in [0, 0.1) is 0 Å². The van der Waals surface area contributed by atoms with Crippen LogP contribution in [0.5, 0.6) is 0 Å². The van der Waals surface area contributed by atoms with Gasteiger partial charge in [0.05, 0.1) is 11.2 Å². The number of hydrogen-bond acceptors (Lipinski definition) is 2. The average molecular weight is 329 g/mol. The minimum atomic E-state index is -0.0781. The first-order valence-corrected chi connectivity index (χ1v) is 6.43. The molecule has 0 radical (unpaired) electrons. The number of nitrogens with zero attached hydrogens (tertiary/aromatic N) is 2. The van der Waals surface area contributed by atoms with Crippen LogP contribution in [0.4, 0.5) is 0 Å². The predicted octanol–water partition coefficient (Wildman–Crippen LogP) is 3.10. The van der Waals surface area contributed by atoms with Gasteiger partial charge in [-0.1, -0.05) is 11.6 Å². The van der Waals surface area contributed by atoms with Crippen molar-refractivity contribution in [3.05, 3.63) is 51.2 Å². The molecule has 18 heavy (non-hydrogen) atoms. The minimum absolute atomic E-state index is 0.0781. The molecule has 0 aliphatic rings. The SMILES string of the molecule is CN(Cc1cn[nH]c1)C(=O)c1ccc(Br)c(Cl)c1. The summed E-state index contributed by atoms with van der Waals surface area (Å²) in [6, 6.07) is 5.16. The molecular weight excluding hydrogens is 318 g/mol. The zero-order chi connectivity index (χ0) is 13.1. The Morgan fingerprint density at radius 2 is 2.33 bits per heavy atom. The van der Waals surface area contributed by atoms with Crippen LogP contribution in [-0.4, -0.2) is 28.1 Å². The highest BCUT2D eigenvalue weighted by atomic mass is 79.9. The molecule has 4 nitrogen and oxygen atoms in total. The molecule has 0 bridgehead atoms. The Hall–Kier alpha value is -1.33. The van der Waals surface area contributed by atoms with Gasteiger partial charge in [-0.3, -0.25) is 9.89 Å². The maximum absolute atomic E-state index is 12.2. The molecular formula is C12H11BrClN3O. The minimum Gasteiger partial charge on any atom is -0.337 e. The molecule has 1 N–H and O–H groups in total. The number of benzene rings is 1. The van der Waals surface area contributed by atoms with Crippen molar-refractivity contribution in [3.8, 4) is 0 Å². The number of aromatic amines is 1. The van der Waals surface area contributed by atoms with Gasteiger partial charge in [0, 0.05) is 35.4 Å². The molecule has 2 rings (SSSR count). The standard InChI is InChI=1S/C12H11BrClN3O/c1-17(7-8-5-15-16-6-8)12(18)9-2-3-10(13)11(14)4-9/h2-6H,7H2,1H3,(H,15,16). The zero-order valence-electron chi connectivity index (χ0n) is 9.65. The lowest BCUT2D eigenvalue weighted by Gasteiger charge is -2.16. The lowest BCUT2D eigenvalue weighted by Crippen LogP contribution is -2.25. The number of hydrogen-bond donors (Lipinski definition) is 1.